The molecule has 19 heavy (non-hydrogen) atoms. The van der Waals surface area contributed by atoms with E-state index in [0.717, 1.165) is 27.3 Å². The molecule has 1 N–H and O–H groups in total. The van der Waals surface area contributed by atoms with E-state index in [1.165, 1.54) is 12.8 Å². The van der Waals surface area contributed by atoms with E-state index in [9.17, 15) is 5.26 Å². The Labute approximate surface area is 126 Å². The second-order valence-electron chi connectivity index (χ2n) is 4.85. The summed E-state index contributed by atoms with van der Waals surface area (Å²) in [6.07, 6.45) is 6.35. The van der Waals surface area contributed by atoms with E-state index in [2.05, 4.69) is 21.6 Å². The van der Waals surface area contributed by atoms with Crippen LogP contribution in [0.4, 0.5) is 0 Å². The van der Waals surface area contributed by atoms with Crippen molar-refractivity contribution in [2.75, 3.05) is 12.0 Å². The fourth-order valence-electron chi connectivity index (χ4n) is 1.76. The third-order valence-electron chi connectivity index (χ3n) is 2.96. The molecule has 1 atom stereocenters. The van der Waals surface area contributed by atoms with Crippen molar-refractivity contribution in [1.29, 1.82) is 5.26 Å². The van der Waals surface area contributed by atoms with Crippen molar-refractivity contribution in [3.63, 3.8) is 0 Å². The molecule has 1 fully saturated rings. The van der Waals surface area contributed by atoms with E-state index in [-0.39, 0.29) is 5.54 Å². The van der Waals surface area contributed by atoms with E-state index in [1.54, 1.807) is 34.9 Å². The number of hydrogen-bond donors (Lipinski definition) is 1. The molecule has 1 unspecified atom stereocenters. The van der Waals surface area contributed by atoms with Crippen LogP contribution >= 0.6 is 34.9 Å². The fraction of sp³-hybridized carbons (Fsp3) is 0.750. The van der Waals surface area contributed by atoms with Crippen LogP contribution < -0.4 is 5.32 Å². The number of aromatic nitrogens is 2. The lowest BCUT2D eigenvalue weighted by molar-refractivity contribution is 0.412. The Bertz CT molecular complexity index is 452. The maximum absolute atomic E-state index is 9.27. The summed E-state index contributed by atoms with van der Waals surface area (Å²) < 4.78 is 2.04. The van der Waals surface area contributed by atoms with E-state index in [1.807, 2.05) is 13.2 Å². The van der Waals surface area contributed by atoms with Gasteiger partial charge in [-0.1, -0.05) is 34.9 Å². The van der Waals surface area contributed by atoms with Crippen LogP contribution in [0.2, 0.25) is 0 Å². The van der Waals surface area contributed by atoms with Crippen molar-refractivity contribution in [2.24, 2.45) is 0 Å². The van der Waals surface area contributed by atoms with Crippen LogP contribution in [-0.4, -0.2) is 33.8 Å². The van der Waals surface area contributed by atoms with Gasteiger partial charge in [0.1, 0.15) is 5.54 Å². The zero-order valence-electron chi connectivity index (χ0n) is 11.2. The molecule has 1 aromatic rings. The molecule has 2 rings (SSSR count). The molecule has 0 spiro atoms. The lowest BCUT2D eigenvalue weighted by Gasteiger charge is -2.22. The van der Waals surface area contributed by atoms with Gasteiger partial charge in [0.05, 0.1) is 6.07 Å². The summed E-state index contributed by atoms with van der Waals surface area (Å²) in [6, 6.07) is 2.99. The second kappa shape index (κ2) is 6.93. The van der Waals surface area contributed by atoms with Gasteiger partial charge in [-0.3, -0.25) is 5.32 Å². The highest BCUT2D eigenvalue weighted by atomic mass is 32.2. The fourth-order valence-corrected chi connectivity index (χ4v) is 4.21. The average molecular weight is 315 g/mol. The molecule has 1 aromatic heterocycles. The van der Waals surface area contributed by atoms with Crippen molar-refractivity contribution in [3.05, 3.63) is 0 Å². The maximum Gasteiger partial charge on any atom is 0.175 e. The molecule has 1 saturated carbocycles. The number of nitrogens with zero attached hydrogens (tertiary/aromatic N) is 3. The molecule has 0 aliphatic heterocycles. The van der Waals surface area contributed by atoms with Crippen molar-refractivity contribution in [1.82, 2.24) is 15.5 Å². The highest BCUT2D eigenvalue weighted by Gasteiger charge is 2.31. The number of hydrogen-bond acceptors (Lipinski definition) is 7. The van der Waals surface area contributed by atoms with E-state index in [0.29, 0.717) is 6.04 Å². The second-order valence-corrected chi connectivity index (χ2v) is 8.23. The summed E-state index contributed by atoms with van der Waals surface area (Å²) in [6.45, 7) is 2.01. The van der Waals surface area contributed by atoms with E-state index < -0.39 is 0 Å². The zero-order chi connectivity index (χ0) is 13.7. The SMILES string of the molecule is CSc1nnc(SCCCC(C)(C#N)NC2CC2)s1. The number of rotatable bonds is 8. The smallest absolute Gasteiger partial charge is 0.175 e. The van der Waals surface area contributed by atoms with Crippen LogP contribution in [0.3, 0.4) is 0 Å². The molecule has 0 radical (unpaired) electrons. The minimum Gasteiger partial charge on any atom is -0.297 e. The Morgan fingerprint density at radius 2 is 2.21 bits per heavy atom. The van der Waals surface area contributed by atoms with Crippen LogP contribution in [0.25, 0.3) is 0 Å². The molecular formula is C12H18N4S3. The van der Waals surface area contributed by atoms with Crippen LogP contribution in [0, 0.1) is 11.3 Å². The topological polar surface area (TPSA) is 61.6 Å². The summed E-state index contributed by atoms with van der Waals surface area (Å²) in [7, 11) is 0. The first-order valence-electron chi connectivity index (χ1n) is 6.34. The monoisotopic (exact) mass is 314 g/mol. The van der Waals surface area contributed by atoms with Gasteiger partial charge in [-0.2, -0.15) is 5.26 Å². The zero-order valence-corrected chi connectivity index (χ0v) is 13.6. The Morgan fingerprint density at radius 3 is 2.79 bits per heavy atom. The lowest BCUT2D eigenvalue weighted by atomic mass is 9.98. The van der Waals surface area contributed by atoms with Gasteiger partial charge in [-0.25, -0.2) is 0 Å². The van der Waals surface area contributed by atoms with Gasteiger partial charge in [-0.05, 0) is 38.9 Å². The Morgan fingerprint density at radius 1 is 1.47 bits per heavy atom. The Hall–Kier alpha value is -0.290. The lowest BCUT2D eigenvalue weighted by Crippen LogP contribution is -2.42. The molecule has 0 bridgehead atoms. The van der Waals surface area contributed by atoms with Crippen LogP contribution in [-0.2, 0) is 0 Å². The number of thioether (sulfide) groups is 2. The molecule has 1 aliphatic rings. The third-order valence-corrected chi connectivity index (χ3v) is 6.07. The van der Waals surface area contributed by atoms with Crippen LogP contribution in [0.1, 0.15) is 32.6 Å². The number of nitrogens with one attached hydrogen (secondary N) is 1. The van der Waals surface area contributed by atoms with Gasteiger partial charge in [0.2, 0.25) is 0 Å². The van der Waals surface area contributed by atoms with Gasteiger partial charge >= 0.3 is 0 Å². The first-order chi connectivity index (χ1) is 9.15. The highest BCUT2D eigenvalue weighted by Crippen LogP contribution is 2.29. The Balaban J connectivity index is 1.68. The normalized spacial score (nSPS) is 17.9. The quantitative estimate of drug-likeness (QED) is 0.587. The number of nitriles is 1. The average Bonchev–Trinajstić information content (AvgIpc) is 3.09. The molecule has 104 valence electrons. The summed E-state index contributed by atoms with van der Waals surface area (Å²) in [5.41, 5.74) is -0.368. The third kappa shape index (κ3) is 4.95. The first-order valence-corrected chi connectivity index (χ1v) is 9.37. The van der Waals surface area contributed by atoms with Gasteiger partial charge < -0.3 is 0 Å². The van der Waals surface area contributed by atoms with Gasteiger partial charge in [-0.15, -0.1) is 10.2 Å². The predicted molar refractivity (Wildman–Crippen MR) is 81.8 cm³/mol. The largest absolute Gasteiger partial charge is 0.297 e. The first kappa shape index (κ1) is 15.1. The summed E-state index contributed by atoms with van der Waals surface area (Å²) in [5, 5.41) is 20.9. The summed E-state index contributed by atoms with van der Waals surface area (Å²) in [4.78, 5) is 0. The molecule has 1 heterocycles. The van der Waals surface area contributed by atoms with Crippen molar-refractivity contribution >= 4 is 34.9 Å². The molecule has 0 saturated heterocycles. The van der Waals surface area contributed by atoms with Crippen LogP contribution in [0.5, 0.6) is 0 Å². The van der Waals surface area contributed by atoms with Crippen molar-refractivity contribution in [3.8, 4) is 6.07 Å². The summed E-state index contributed by atoms with van der Waals surface area (Å²) in [5.74, 6) is 0.993. The Kier molecular flexibility index (Phi) is 5.51. The van der Waals surface area contributed by atoms with Crippen molar-refractivity contribution in [2.45, 2.75) is 52.9 Å². The predicted octanol–water partition coefficient (Wildman–Crippen LogP) is 3.17. The molecule has 7 heteroatoms. The standard InChI is InChI=1S/C12H18N4S3/c1-12(8-13,14-9-4-5-9)6-3-7-18-11-16-15-10(17-2)19-11/h9,14H,3-7H2,1-2H3. The van der Waals surface area contributed by atoms with Crippen LogP contribution in [0.15, 0.2) is 8.68 Å². The molecule has 1 aliphatic carbocycles. The van der Waals surface area contributed by atoms with E-state index in [4.69, 9.17) is 0 Å². The minimum atomic E-state index is -0.368. The molecule has 4 nitrogen and oxygen atoms in total. The van der Waals surface area contributed by atoms with E-state index >= 15 is 0 Å². The van der Waals surface area contributed by atoms with Gasteiger partial charge in [0.15, 0.2) is 8.68 Å². The molecule has 0 aromatic carbocycles. The van der Waals surface area contributed by atoms with Crippen molar-refractivity contribution < 1.29 is 0 Å². The van der Waals surface area contributed by atoms with Gasteiger partial charge in [0.25, 0.3) is 0 Å². The molecular weight excluding hydrogens is 296 g/mol. The van der Waals surface area contributed by atoms with Gasteiger partial charge in [0, 0.05) is 11.8 Å². The molecule has 0 amide bonds. The summed E-state index contributed by atoms with van der Waals surface area (Å²) >= 11 is 5.01. The highest BCUT2D eigenvalue weighted by molar-refractivity contribution is 8.02. The minimum absolute atomic E-state index is 0.368. The maximum atomic E-state index is 9.27.